The van der Waals surface area contributed by atoms with Crippen LogP contribution in [0.25, 0.3) is 16.7 Å². The predicted octanol–water partition coefficient (Wildman–Crippen LogP) is 3.64. The minimum absolute atomic E-state index is 0. The highest BCUT2D eigenvalue weighted by molar-refractivity contribution is 5.97. The van der Waals surface area contributed by atoms with Crippen molar-refractivity contribution in [2.24, 2.45) is 11.7 Å². The summed E-state index contributed by atoms with van der Waals surface area (Å²) in [5, 5.41) is 3.06. The van der Waals surface area contributed by atoms with Crippen LogP contribution in [0.3, 0.4) is 0 Å². The maximum atomic E-state index is 12.6. The van der Waals surface area contributed by atoms with E-state index >= 15 is 0 Å². The molecule has 0 aliphatic heterocycles. The first-order chi connectivity index (χ1) is 12.2. The van der Waals surface area contributed by atoms with Gasteiger partial charge in [-0.1, -0.05) is 18.2 Å². The van der Waals surface area contributed by atoms with Gasteiger partial charge in [-0.15, -0.1) is 24.8 Å². The summed E-state index contributed by atoms with van der Waals surface area (Å²) in [7, 11) is 0. The van der Waals surface area contributed by atoms with Crippen molar-refractivity contribution in [3.8, 4) is 5.69 Å². The third-order valence-corrected chi connectivity index (χ3v) is 4.86. The number of aryl methyl sites for hydroxylation is 1. The largest absolute Gasteiger partial charge is 0.348 e. The van der Waals surface area contributed by atoms with Gasteiger partial charge in [-0.3, -0.25) is 9.36 Å². The van der Waals surface area contributed by atoms with Gasteiger partial charge in [-0.05, 0) is 56.0 Å². The zero-order valence-electron chi connectivity index (χ0n) is 15.1. The normalized spacial score (nSPS) is 14.1. The lowest BCUT2D eigenvalue weighted by Gasteiger charge is -2.16. The number of rotatable bonds is 5. The number of aromatic nitrogens is 2. The smallest absolute Gasteiger partial charge is 0.251 e. The van der Waals surface area contributed by atoms with Crippen LogP contribution in [0.2, 0.25) is 0 Å². The molecule has 1 aliphatic carbocycles. The molecular formula is C20H24Cl2N4O. The van der Waals surface area contributed by atoms with Gasteiger partial charge in [0.1, 0.15) is 5.82 Å². The summed E-state index contributed by atoms with van der Waals surface area (Å²) >= 11 is 0. The first kappa shape index (κ1) is 21.2. The van der Waals surface area contributed by atoms with E-state index < -0.39 is 0 Å². The zero-order valence-corrected chi connectivity index (χ0v) is 16.7. The Morgan fingerprint density at radius 3 is 2.56 bits per heavy atom. The first-order valence-corrected chi connectivity index (χ1v) is 8.73. The van der Waals surface area contributed by atoms with Crippen LogP contribution in [0.5, 0.6) is 0 Å². The van der Waals surface area contributed by atoms with Crippen molar-refractivity contribution < 1.29 is 4.79 Å². The molecule has 3 N–H and O–H groups in total. The number of amides is 1. The Labute approximate surface area is 171 Å². The highest BCUT2D eigenvalue weighted by atomic mass is 35.5. The maximum Gasteiger partial charge on any atom is 0.251 e. The molecule has 4 rings (SSSR count). The van der Waals surface area contributed by atoms with E-state index in [1.807, 2.05) is 43.3 Å². The number of nitrogens with two attached hydrogens (primary N) is 1. The van der Waals surface area contributed by atoms with Gasteiger partial charge in [-0.2, -0.15) is 0 Å². The highest BCUT2D eigenvalue weighted by Gasteiger charge is 2.31. The van der Waals surface area contributed by atoms with Gasteiger partial charge in [0.15, 0.2) is 0 Å². The number of hydrogen-bond donors (Lipinski definition) is 2. The molecule has 1 aromatic heterocycles. The maximum absolute atomic E-state index is 12.6. The van der Waals surface area contributed by atoms with E-state index in [-0.39, 0.29) is 36.8 Å². The Hall–Kier alpha value is -2.08. The first-order valence-electron chi connectivity index (χ1n) is 8.73. The number of hydrogen-bond acceptors (Lipinski definition) is 3. The molecule has 0 bridgehead atoms. The van der Waals surface area contributed by atoms with E-state index in [4.69, 9.17) is 5.73 Å². The Morgan fingerprint density at radius 2 is 1.93 bits per heavy atom. The number of halogens is 2. The molecule has 0 saturated heterocycles. The number of nitrogens with one attached hydrogen (secondary N) is 1. The quantitative estimate of drug-likeness (QED) is 0.678. The van der Waals surface area contributed by atoms with E-state index in [0.717, 1.165) is 35.4 Å². The summed E-state index contributed by atoms with van der Waals surface area (Å²) < 4.78 is 2.10. The van der Waals surface area contributed by atoms with Crippen LogP contribution < -0.4 is 11.1 Å². The third-order valence-electron chi connectivity index (χ3n) is 4.86. The van der Waals surface area contributed by atoms with Crippen molar-refractivity contribution in [1.82, 2.24) is 14.9 Å². The Morgan fingerprint density at radius 1 is 1.22 bits per heavy atom. The molecule has 1 fully saturated rings. The molecule has 27 heavy (non-hydrogen) atoms. The fourth-order valence-electron chi connectivity index (χ4n) is 3.36. The van der Waals surface area contributed by atoms with Crippen LogP contribution in [0.4, 0.5) is 0 Å². The van der Waals surface area contributed by atoms with Crippen molar-refractivity contribution in [2.45, 2.75) is 25.8 Å². The van der Waals surface area contributed by atoms with Crippen LogP contribution in [0, 0.1) is 12.8 Å². The van der Waals surface area contributed by atoms with Gasteiger partial charge in [0.2, 0.25) is 0 Å². The van der Waals surface area contributed by atoms with Crippen LogP contribution in [-0.4, -0.2) is 28.0 Å². The second-order valence-electron chi connectivity index (χ2n) is 6.69. The van der Waals surface area contributed by atoms with Crippen molar-refractivity contribution >= 4 is 41.8 Å². The number of imidazole rings is 1. The molecule has 1 atom stereocenters. The average Bonchev–Trinajstić information content (AvgIpc) is 3.41. The van der Waals surface area contributed by atoms with Crippen molar-refractivity contribution in [3.05, 3.63) is 59.9 Å². The van der Waals surface area contributed by atoms with E-state index in [1.54, 1.807) is 0 Å². The van der Waals surface area contributed by atoms with Gasteiger partial charge < -0.3 is 11.1 Å². The predicted molar refractivity (Wildman–Crippen MR) is 113 cm³/mol. The molecule has 1 aliphatic rings. The van der Waals surface area contributed by atoms with Crippen LogP contribution in [0.1, 0.15) is 29.0 Å². The lowest BCUT2D eigenvalue weighted by Crippen LogP contribution is -2.41. The molecule has 1 saturated carbocycles. The number of benzene rings is 2. The van der Waals surface area contributed by atoms with Crippen molar-refractivity contribution in [3.63, 3.8) is 0 Å². The van der Waals surface area contributed by atoms with Crippen LogP contribution in [0.15, 0.2) is 48.5 Å². The van der Waals surface area contributed by atoms with Gasteiger partial charge in [-0.25, -0.2) is 4.98 Å². The lowest BCUT2D eigenvalue weighted by atomic mass is 10.1. The monoisotopic (exact) mass is 406 g/mol. The molecule has 1 heterocycles. The zero-order chi connectivity index (χ0) is 17.4. The Kier molecular flexibility index (Phi) is 6.87. The second-order valence-corrected chi connectivity index (χ2v) is 6.69. The molecule has 3 aromatic rings. The Balaban J connectivity index is 0.00000131. The van der Waals surface area contributed by atoms with E-state index in [9.17, 15) is 4.79 Å². The van der Waals surface area contributed by atoms with Crippen molar-refractivity contribution in [2.75, 3.05) is 6.54 Å². The average molecular weight is 407 g/mol. The third kappa shape index (κ3) is 4.26. The number of nitrogens with zero attached hydrogens (tertiary/aromatic N) is 2. The van der Waals surface area contributed by atoms with Crippen LogP contribution >= 0.6 is 24.8 Å². The van der Waals surface area contributed by atoms with Crippen molar-refractivity contribution in [1.29, 1.82) is 0 Å². The summed E-state index contributed by atoms with van der Waals surface area (Å²) in [6.07, 6.45) is 2.31. The minimum atomic E-state index is -0.0730. The number of para-hydroxylation sites is 1. The van der Waals surface area contributed by atoms with Gasteiger partial charge >= 0.3 is 0 Å². The number of carbonyl (C=O) groups excluding carboxylic acids is 1. The fourth-order valence-corrected chi connectivity index (χ4v) is 3.36. The molecule has 2 aromatic carbocycles. The molecule has 1 amide bonds. The molecule has 5 nitrogen and oxygen atoms in total. The fraction of sp³-hybridized carbons (Fsp3) is 0.300. The van der Waals surface area contributed by atoms with Crippen LogP contribution in [-0.2, 0) is 0 Å². The number of carbonyl (C=O) groups is 1. The molecule has 0 spiro atoms. The number of fused-ring (bicyclic) bond motifs is 1. The SMILES string of the molecule is Cc1nc2cc(C(=O)NC(CN)C3CC3)ccc2n1-c1ccccc1.Cl.Cl. The van der Waals surface area contributed by atoms with Gasteiger partial charge in [0, 0.05) is 23.8 Å². The topological polar surface area (TPSA) is 72.9 Å². The summed E-state index contributed by atoms with van der Waals surface area (Å²) in [4.78, 5) is 17.2. The standard InChI is InChI=1S/C20H22N4O.2ClH/c1-13-22-17-11-15(20(25)23-18(12-21)14-7-8-14)9-10-19(17)24(13)16-5-3-2-4-6-16;;/h2-6,9-11,14,18H,7-8,12,21H2,1H3,(H,23,25);2*1H. The Bertz CT molecular complexity index is 922. The van der Waals surface area contributed by atoms with E-state index in [0.29, 0.717) is 18.0 Å². The van der Waals surface area contributed by atoms with E-state index in [2.05, 4.69) is 27.0 Å². The molecule has 1 unspecified atom stereocenters. The van der Waals surface area contributed by atoms with Gasteiger partial charge in [0.05, 0.1) is 11.0 Å². The second kappa shape index (κ2) is 8.74. The highest BCUT2D eigenvalue weighted by Crippen LogP contribution is 2.32. The summed E-state index contributed by atoms with van der Waals surface area (Å²) in [5.74, 6) is 1.37. The molecule has 0 radical (unpaired) electrons. The molecular weight excluding hydrogens is 383 g/mol. The summed E-state index contributed by atoms with van der Waals surface area (Å²) in [6.45, 7) is 2.46. The minimum Gasteiger partial charge on any atom is -0.348 e. The molecule has 7 heteroatoms. The molecule has 144 valence electrons. The summed E-state index contributed by atoms with van der Waals surface area (Å²) in [5.41, 5.74) is 9.30. The lowest BCUT2D eigenvalue weighted by molar-refractivity contribution is 0.0933. The van der Waals surface area contributed by atoms with E-state index in [1.165, 1.54) is 0 Å². The summed E-state index contributed by atoms with van der Waals surface area (Å²) in [6, 6.07) is 15.9. The van der Waals surface area contributed by atoms with Gasteiger partial charge in [0.25, 0.3) is 5.91 Å².